The van der Waals surface area contributed by atoms with E-state index < -0.39 is 6.36 Å². The first-order valence-electron chi connectivity index (χ1n) is 9.96. The molecule has 1 N–H and O–H groups in total. The highest BCUT2D eigenvalue weighted by Gasteiger charge is 2.31. The van der Waals surface area contributed by atoms with Crippen LogP contribution in [-0.4, -0.2) is 38.2 Å². The van der Waals surface area contributed by atoms with E-state index in [0.29, 0.717) is 27.2 Å². The number of nitrogens with one attached hydrogen (secondary N) is 1. The zero-order valence-electron chi connectivity index (χ0n) is 17.1. The van der Waals surface area contributed by atoms with Crippen molar-refractivity contribution in [3.8, 4) is 17.5 Å². The van der Waals surface area contributed by atoms with Crippen LogP contribution < -0.4 is 10.1 Å². The topological polar surface area (TPSA) is 106 Å². The largest absolute Gasteiger partial charge is 0.573 e. The number of fused-ring (bicyclic) bond motifs is 1. The molecule has 13 heteroatoms. The van der Waals surface area contributed by atoms with Crippen molar-refractivity contribution in [1.82, 2.24) is 20.2 Å². The molecule has 0 saturated heterocycles. The predicted molar refractivity (Wildman–Crippen MR) is 115 cm³/mol. The lowest BCUT2D eigenvalue weighted by molar-refractivity contribution is -0.274. The number of thioether (sulfide) groups is 1. The van der Waals surface area contributed by atoms with Gasteiger partial charge in [-0.15, -0.1) is 29.6 Å². The lowest BCUT2D eigenvalue weighted by atomic mass is 9.96. The number of thiophene rings is 1. The number of hydrogen-bond donors (Lipinski definition) is 1. The van der Waals surface area contributed by atoms with E-state index >= 15 is 0 Å². The predicted octanol–water partition coefficient (Wildman–Crippen LogP) is 4.49. The maximum atomic E-state index is 12.4. The normalized spacial score (nSPS) is 13.3. The van der Waals surface area contributed by atoms with Crippen molar-refractivity contribution < 1.29 is 22.7 Å². The van der Waals surface area contributed by atoms with Crippen LogP contribution in [0.4, 0.5) is 18.2 Å². The van der Waals surface area contributed by atoms with Crippen molar-refractivity contribution >= 4 is 34.0 Å². The standard InChI is InChI=1S/C20H17F3N6O2S2/c21-20(22,23)31-13-7-5-12(6-8-13)29-19(26-27-28-29)32-10-9-17(30)25-18-15(11-24)14-3-1-2-4-16(14)33-18/h5-8H,1-4,9-10H2,(H,25,30). The number of rotatable bonds is 7. The molecule has 3 aromatic rings. The van der Waals surface area contributed by atoms with Crippen LogP contribution in [0.25, 0.3) is 5.69 Å². The summed E-state index contributed by atoms with van der Waals surface area (Å²) < 4.78 is 42.2. The summed E-state index contributed by atoms with van der Waals surface area (Å²) in [4.78, 5) is 13.6. The molecule has 0 atom stereocenters. The van der Waals surface area contributed by atoms with Gasteiger partial charge in [-0.05, 0) is 65.9 Å². The number of carbonyl (C=O) groups excluding carboxylic acids is 1. The van der Waals surface area contributed by atoms with Gasteiger partial charge in [0.2, 0.25) is 11.1 Å². The summed E-state index contributed by atoms with van der Waals surface area (Å²) in [7, 11) is 0. The summed E-state index contributed by atoms with van der Waals surface area (Å²) in [6, 6.07) is 7.35. The molecule has 0 radical (unpaired) electrons. The van der Waals surface area contributed by atoms with Gasteiger partial charge in [0.25, 0.3) is 0 Å². The number of benzene rings is 1. The first kappa shape index (κ1) is 23.1. The molecule has 33 heavy (non-hydrogen) atoms. The average molecular weight is 495 g/mol. The molecular weight excluding hydrogens is 477 g/mol. The smallest absolute Gasteiger partial charge is 0.406 e. The van der Waals surface area contributed by atoms with Gasteiger partial charge < -0.3 is 10.1 Å². The second-order valence-electron chi connectivity index (χ2n) is 7.09. The summed E-state index contributed by atoms with van der Waals surface area (Å²) in [6.45, 7) is 0. The molecule has 172 valence electrons. The molecule has 0 saturated carbocycles. The Morgan fingerprint density at radius 2 is 2.03 bits per heavy atom. The molecule has 0 unspecified atom stereocenters. The highest BCUT2D eigenvalue weighted by atomic mass is 32.2. The van der Waals surface area contributed by atoms with Crippen molar-refractivity contribution in [2.75, 3.05) is 11.1 Å². The molecule has 2 heterocycles. The number of aryl methyl sites for hydroxylation is 1. The Hall–Kier alpha value is -3.11. The van der Waals surface area contributed by atoms with E-state index in [-0.39, 0.29) is 18.1 Å². The van der Waals surface area contributed by atoms with Crippen LogP contribution in [0.1, 0.15) is 35.3 Å². The summed E-state index contributed by atoms with van der Waals surface area (Å²) in [5.74, 6) is -0.198. The molecule has 0 fully saturated rings. The van der Waals surface area contributed by atoms with Gasteiger partial charge >= 0.3 is 6.36 Å². The van der Waals surface area contributed by atoms with Gasteiger partial charge in [0.1, 0.15) is 16.8 Å². The number of amides is 1. The van der Waals surface area contributed by atoms with Crippen molar-refractivity contribution in [2.24, 2.45) is 0 Å². The lowest BCUT2D eigenvalue weighted by Gasteiger charge is -2.09. The number of aromatic nitrogens is 4. The molecule has 0 aliphatic heterocycles. The highest BCUT2D eigenvalue weighted by Crippen LogP contribution is 2.37. The number of halogens is 3. The zero-order valence-corrected chi connectivity index (χ0v) is 18.7. The van der Waals surface area contributed by atoms with Crippen LogP contribution in [-0.2, 0) is 17.6 Å². The molecule has 8 nitrogen and oxygen atoms in total. The van der Waals surface area contributed by atoms with E-state index in [1.807, 2.05) is 0 Å². The molecule has 0 bridgehead atoms. The van der Waals surface area contributed by atoms with Gasteiger partial charge in [0, 0.05) is 17.1 Å². The third-order valence-corrected chi connectivity index (χ3v) is 6.98. The van der Waals surface area contributed by atoms with Gasteiger partial charge in [-0.3, -0.25) is 4.79 Å². The first-order chi connectivity index (χ1) is 15.8. The Labute approximate surface area is 194 Å². The Morgan fingerprint density at radius 1 is 1.27 bits per heavy atom. The fraction of sp³-hybridized carbons (Fsp3) is 0.350. The number of anilines is 1. The van der Waals surface area contributed by atoms with Crippen LogP contribution in [0.5, 0.6) is 5.75 Å². The van der Waals surface area contributed by atoms with E-state index in [4.69, 9.17) is 0 Å². The monoisotopic (exact) mass is 494 g/mol. The molecule has 1 aliphatic rings. The van der Waals surface area contributed by atoms with Crippen LogP contribution in [0.15, 0.2) is 29.4 Å². The van der Waals surface area contributed by atoms with E-state index in [0.717, 1.165) is 31.2 Å². The number of tetrazole rings is 1. The Balaban J connectivity index is 1.34. The maximum absolute atomic E-state index is 12.4. The zero-order chi connectivity index (χ0) is 23.4. The van der Waals surface area contributed by atoms with E-state index in [1.54, 1.807) is 0 Å². The molecule has 2 aromatic heterocycles. The molecule has 1 aromatic carbocycles. The summed E-state index contributed by atoms with van der Waals surface area (Å²) in [6.07, 6.45) is -0.652. The average Bonchev–Trinajstić information content (AvgIpc) is 3.37. The van der Waals surface area contributed by atoms with Gasteiger partial charge in [-0.25, -0.2) is 0 Å². The Kier molecular flexibility index (Phi) is 6.85. The van der Waals surface area contributed by atoms with Crippen molar-refractivity contribution in [1.29, 1.82) is 5.26 Å². The summed E-state index contributed by atoms with van der Waals surface area (Å²) in [5.41, 5.74) is 2.08. The first-order valence-corrected chi connectivity index (χ1v) is 11.8. The number of ether oxygens (including phenoxy) is 1. The highest BCUT2D eigenvalue weighted by molar-refractivity contribution is 7.99. The van der Waals surface area contributed by atoms with Gasteiger partial charge in [-0.1, -0.05) is 11.8 Å². The Morgan fingerprint density at radius 3 is 2.76 bits per heavy atom. The Bertz CT molecular complexity index is 1180. The lowest BCUT2D eigenvalue weighted by Crippen LogP contribution is -2.17. The van der Waals surface area contributed by atoms with Crippen LogP contribution >= 0.6 is 23.1 Å². The van der Waals surface area contributed by atoms with Crippen molar-refractivity contribution in [3.63, 3.8) is 0 Å². The second-order valence-corrected chi connectivity index (χ2v) is 9.26. The van der Waals surface area contributed by atoms with E-state index in [2.05, 4.69) is 31.6 Å². The summed E-state index contributed by atoms with van der Waals surface area (Å²) in [5, 5.41) is 24.7. The SMILES string of the molecule is N#Cc1c(NC(=O)CCSc2nnnn2-c2ccc(OC(F)(F)F)cc2)sc2c1CCCC2. The minimum Gasteiger partial charge on any atom is -0.406 e. The van der Waals surface area contributed by atoms with Crippen molar-refractivity contribution in [2.45, 2.75) is 43.6 Å². The minimum atomic E-state index is -4.77. The van der Waals surface area contributed by atoms with Gasteiger partial charge in [0.05, 0.1) is 11.3 Å². The number of carbonyl (C=O) groups is 1. The number of alkyl halides is 3. The quantitative estimate of drug-likeness (QED) is 0.482. The third-order valence-electron chi connectivity index (χ3n) is 4.85. The van der Waals surface area contributed by atoms with Crippen LogP contribution in [0, 0.1) is 11.3 Å². The fourth-order valence-corrected chi connectivity index (χ4v) is 5.50. The fourth-order valence-electron chi connectivity index (χ4n) is 3.42. The number of hydrogen-bond acceptors (Lipinski definition) is 8. The maximum Gasteiger partial charge on any atom is 0.573 e. The van der Waals surface area contributed by atoms with E-state index in [1.165, 1.54) is 56.9 Å². The van der Waals surface area contributed by atoms with E-state index in [9.17, 15) is 23.2 Å². The molecule has 1 aliphatic carbocycles. The third kappa shape index (κ3) is 5.63. The molecular formula is C20H17F3N6O2S2. The molecule has 1 amide bonds. The minimum absolute atomic E-state index is 0.170. The number of nitrogens with zero attached hydrogens (tertiary/aromatic N) is 5. The van der Waals surface area contributed by atoms with Crippen LogP contribution in [0.3, 0.4) is 0 Å². The molecule has 4 rings (SSSR count). The summed E-state index contributed by atoms with van der Waals surface area (Å²) >= 11 is 2.70. The number of nitriles is 1. The van der Waals surface area contributed by atoms with Gasteiger partial charge in [-0.2, -0.15) is 9.94 Å². The molecule has 0 spiro atoms. The van der Waals surface area contributed by atoms with Gasteiger partial charge in [0.15, 0.2) is 0 Å². The van der Waals surface area contributed by atoms with Crippen LogP contribution in [0.2, 0.25) is 0 Å². The second kappa shape index (κ2) is 9.80. The van der Waals surface area contributed by atoms with Crippen molar-refractivity contribution in [3.05, 3.63) is 40.3 Å².